The van der Waals surface area contributed by atoms with Crippen molar-refractivity contribution in [2.75, 3.05) is 31.1 Å². The maximum absolute atomic E-state index is 12.4. The molecule has 3 rings (SSSR count). The van der Waals surface area contributed by atoms with Crippen LogP contribution in [0.25, 0.3) is 0 Å². The van der Waals surface area contributed by atoms with Crippen LogP contribution in [0.5, 0.6) is 0 Å². The van der Waals surface area contributed by atoms with Crippen molar-refractivity contribution in [3.63, 3.8) is 0 Å². The third-order valence-corrected chi connectivity index (χ3v) is 6.00. The summed E-state index contributed by atoms with van der Waals surface area (Å²) >= 11 is 1.99. The highest BCUT2D eigenvalue weighted by Crippen LogP contribution is 2.23. The fourth-order valence-corrected chi connectivity index (χ4v) is 4.75. The second-order valence-corrected chi connectivity index (χ2v) is 7.91. The molecule has 1 N–H and O–H groups in total. The van der Waals surface area contributed by atoms with Gasteiger partial charge in [0.05, 0.1) is 0 Å². The maximum Gasteiger partial charge on any atom is 0.317 e. The predicted octanol–water partition coefficient (Wildman–Crippen LogP) is 2.07. The Labute approximate surface area is 142 Å². The summed E-state index contributed by atoms with van der Waals surface area (Å²) in [6.07, 6.45) is 3.46. The molecule has 2 aliphatic rings. The highest BCUT2D eigenvalue weighted by atomic mass is 32.2. The first kappa shape index (κ1) is 16.6. The minimum atomic E-state index is 0.109. The molecule has 2 aliphatic heterocycles. The number of hydrogen-bond donors (Lipinski definition) is 1. The van der Waals surface area contributed by atoms with Crippen LogP contribution in [0.4, 0.5) is 4.79 Å². The average Bonchev–Trinajstić information content (AvgIpc) is 3.15. The van der Waals surface area contributed by atoms with Crippen LogP contribution in [0, 0.1) is 25.7 Å². The van der Waals surface area contributed by atoms with Crippen molar-refractivity contribution in [1.82, 2.24) is 25.0 Å². The van der Waals surface area contributed by atoms with Crippen LogP contribution in [-0.4, -0.2) is 56.8 Å². The standard InChI is InChI=1S/C16H27N5OS/c1-12-18-13(2)21(19-12)10-15-4-3-6-20(9-15)16(22)17-8-14-5-7-23-11-14/h14-15H,3-11H2,1-2H3,(H,17,22)/t14-,15+/m0/s1. The van der Waals surface area contributed by atoms with Gasteiger partial charge in [-0.3, -0.25) is 0 Å². The predicted molar refractivity (Wildman–Crippen MR) is 92.6 cm³/mol. The van der Waals surface area contributed by atoms with Crippen molar-refractivity contribution < 1.29 is 4.79 Å². The van der Waals surface area contributed by atoms with E-state index in [1.54, 1.807) is 0 Å². The zero-order chi connectivity index (χ0) is 16.2. The largest absolute Gasteiger partial charge is 0.338 e. The van der Waals surface area contributed by atoms with Gasteiger partial charge in [-0.2, -0.15) is 16.9 Å². The number of thioether (sulfide) groups is 1. The van der Waals surface area contributed by atoms with E-state index in [1.807, 2.05) is 35.2 Å². The number of carbonyl (C=O) groups excluding carboxylic acids is 1. The maximum atomic E-state index is 12.4. The minimum Gasteiger partial charge on any atom is -0.338 e. The molecule has 0 spiro atoms. The van der Waals surface area contributed by atoms with Gasteiger partial charge in [0, 0.05) is 26.2 Å². The van der Waals surface area contributed by atoms with Crippen molar-refractivity contribution in [1.29, 1.82) is 0 Å². The lowest BCUT2D eigenvalue weighted by atomic mass is 9.98. The second kappa shape index (κ2) is 7.55. The van der Waals surface area contributed by atoms with Gasteiger partial charge >= 0.3 is 6.03 Å². The minimum absolute atomic E-state index is 0.109. The van der Waals surface area contributed by atoms with E-state index >= 15 is 0 Å². The van der Waals surface area contributed by atoms with E-state index in [1.165, 1.54) is 17.9 Å². The van der Waals surface area contributed by atoms with Gasteiger partial charge in [0.25, 0.3) is 0 Å². The molecular formula is C16H27N5OS. The van der Waals surface area contributed by atoms with Crippen LogP contribution >= 0.6 is 11.8 Å². The fraction of sp³-hybridized carbons (Fsp3) is 0.812. The first-order valence-corrected chi connectivity index (χ1v) is 9.76. The van der Waals surface area contributed by atoms with Gasteiger partial charge < -0.3 is 10.2 Å². The van der Waals surface area contributed by atoms with Crippen molar-refractivity contribution in [3.8, 4) is 0 Å². The third-order valence-electron chi connectivity index (χ3n) is 4.77. The lowest BCUT2D eigenvalue weighted by Crippen LogP contribution is -2.47. The molecule has 0 aromatic carbocycles. The van der Waals surface area contributed by atoms with Crippen LogP contribution in [0.1, 0.15) is 30.9 Å². The summed E-state index contributed by atoms with van der Waals surface area (Å²) in [7, 11) is 0. The number of piperidine rings is 1. The molecule has 0 bridgehead atoms. The van der Waals surface area contributed by atoms with Gasteiger partial charge in [0.1, 0.15) is 11.6 Å². The van der Waals surface area contributed by atoms with Gasteiger partial charge in [-0.1, -0.05) is 0 Å². The Bertz CT molecular complexity index is 541. The summed E-state index contributed by atoms with van der Waals surface area (Å²) in [5.41, 5.74) is 0. The zero-order valence-corrected chi connectivity index (χ0v) is 14.9. The van der Waals surface area contributed by atoms with Gasteiger partial charge in [-0.25, -0.2) is 14.5 Å². The normalized spacial score (nSPS) is 24.9. The van der Waals surface area contributed by atoms with Gasteiger partial charge in [-0.05, 0) is 56.5 Å². The molecule has 0 radical (unpaired) electrons. The Morgan fingerprint density at radius 1 is 1.35 bits per heavy atom. The number of aromatic nitrogens is 3. The number of nitrogens with zero attached hydrogens (tertiary/aromatic N) is 4. The summed E-state index contributed by atoms with van der Waals surface area (Å²) in [6, 6.07) is 0.109. The Morgan fingerprint density at radius 3 is 2.91 bits per heavy atom. The van der Waals surface area contributed by atoms with E-state index in [9.17, 15) is 4.79 Å². The Hall–Kier alpha value is -1.24. The number of rotatable bonds is 4. The van der Waals surface area contributed by atoms with E-state index in [0.717, 1.165) is 50.7 Å². The summed E-state index contributed by atoms with van der Waals surface area (Å²) in [4.78, 5) is 18.7. The summed E-state index contributed by atoms with van der Waals surface area (Å²) in [5.74, 6) is 5.34. The number of hydrogen-bond acceptors (Lipinski definition) is 4. The summed E-state index contributed by atoms with van der Waals surface area (Å²) in [5, 5.41) is 7.58. The number of aryl methyl sites for hydroxylation is 2. The zero-order valence-electron chi connectivity index (χ0n) is 14.1. The molecule has 1 aromatic rings. The van der Waals surface area contributed by atoms with Crippen molar-refractivity contribution in [2.45, 2.75) is 39.7 Å². The van der Waals surface area contributed by atoms with Crippen LogP contribution in [0.3, 0.4) is 0 Å². The summed E-state index contributed by atoms with van der Waals surface area (Å²) < 4.78 is 1.98. The van der Waals surface area contributed by atoms with Crippen molar-refractivity contribution in [3.05, 3.63) is 11.6 Å². The van der Waals surface area contributed by atoms with Crippen LogP contribution in [0.15, 0.2) is 0 Å². The van der Waals surface area contributed by atoms with E-state index in [4.69, 9.17) is 0 Å². The fourth-order valence-electron chi connectivity index (χ4n) is 3.47. The van der Waals surface area contributed by atoms with Gasteiger partial charge in [0.15, 0.2) is 0 Å². The number of likely N-dealkylation sites (tertiary alicyclic amines) is 1. The molecule has 128 valence electrons. The van der Waals surface area contributed by atoms with Crippen LogP contribution < -0.4 is 5.32 Å². The Morgan fingerprint density at radius 2 is 2.22 bits per heavy atom. The molecule has 0 aliphatic carbocycles. The van der Waals surface area contributed by atoms with Crippen molar-refractivity contribution >= 4 is 17.8 Å². The molecule has 2 saturated heterocycles. The van der Waals surface area contributed by atoms with Crippen LogP contribution in [0.2, 0.25) is 0 Å². The number of urea groups is 1. The second-order valence-electron chi connectivity index (χ2n) is 6.76. The topological polar surface area (TPSA) is 63.1 Å². The smallest absolute Gasteiger partial charge is 0.317 e. The lowest BCUT2D eigenvalue weighted by Gasteiger charge is -2.33. The van der Waals surface area contributed by atoms with E-state index in [-0.39, 0.29) is 6.03 Å². The molecule has 23 heavy (non-hydrogen) atoms. The molecular weight excluding hydrogens is 310 g/mol. The molecule has 2 fully saturated rings. The highest BCUT2D eigenvalue weighted by molar-refractivity contribution is 7.99. The Balaban J connectivity index is 1.49. The molecule has 0 saturated carbocycles. The molecule has 0 unspecified atom stereocenters. The number of amides is 2. The van der Waals surface area contributed by atoms with E-state index in [2.05, 4.69) is 15.4 Å². The molecule has 3 heterocycles. The van der Waals surface area contributed by atoms with E-state index < -0.39 is 0 Å². The third kappa shape index (κ3) is 4.40. The first-order chi connectivity index (χ1) is 11.1. The average molecular weight is 337 g/mol. The monoisotopic (exact) mass is 337 g/mol. The Kier molecular flexibility index (Phi) is 5.46. The number of nitrogens with one attached hydrogen (secondary N) is 1. The van der Waals surface area contributed by atoms with Crippen molar-refractivity contribution in [2.24, 2.45) is 11.8 Å². The SMILES string of the molecule is Cc1nc(C)n(C[C@@H]2CCCN(C(=O)NC[C@@H]3CCSC3)C2)n1. The van der Waals surface area contributed by atoms with Crippen LogP contribution in [-0.2, 0) is 6.54 Å². The molecule has 6 nitrogen and oxygen atoms in total. The molecule has 7 heteroatoms. The lowest BCUT2D eigenvalue weighted by molar-refractivity contribution is 0.156. The summed E-state index contributed by atoms with van der Waals surface area (Å²) in [6.45, 7) is 7.29. The number of carbonyl (C=O) groups is 1. The molecule has 1 aromatic heterocycles. The quantitative estimate of drug-likeness (QED) is 0.913. The molecule has 2 amide bonds. The highest BCUT2D eigenvalue weighted by Gasteiger charge is 2.25. The van der Waals surface area contributed by atoms with Gasteiger partial charge in [0.2, 0.25) is 0 Å². The molecule has 2 atom stereocenters. The van der Waals surface area contributed by atoms with Gasteiger partial charge in [-0.15, -0.1) is 0 Å². The van der Waals surface area contributed by atoms with E-state index in [0.29, 0.717) is 11.8 Å². The first-order valence-electron chi connectivity index (χ1n) is 8.60.